The Kier molecular flexibility index (Phi) is 6.02. The minimum Gasteiger partial charge on any atom is -0.498 e. The molecule has 0 aliphatic rings. The van der Waals surface area contributed by atoms with E-state index in [-0.39, 0.29) is 5.97 Å². The van der Waals surface area contributed by atoms with Crippen LogP contribution in [0.2, 0.25) is 0 Å². The minimum atomic E-state index is -0.344. The fraction of sp³-hybridized carbons (Fsp3) is 0.700. The van der Waals surface area contributed by atoms with Gasteiger partial charge in [0.25, 0.3) is 0 Å². The van der Waals surface area contributed by atoms with Crippen LogP contribution >= 0.6 is 0 Å². The molecule has 76 valence electrons. The van der Waals surface area contributed by atoms with Crippen LogP contribution in [0.1, 0.15) is 27.7 Å². The van der Waals surface area contributed by atoms with Crippen molar-refractivity contribution in [2.45, 2.75) is 27.7 Å². The van der Waals surface area contributed by atoms with Crippen LogP contribution in [0.3, 0.4) is 0 Å². The van der Waals surface area contributed by atoms with Crippen LogP contribution in [0.4, 0.5) is 0 Å². The van der Waals surface area contributed by atoms with Crippen molar-refractivity contribution in [1.29, 1.82) is 0 Å². The summed E-state index contributed by atoms with van der Waals surface area (Å²) < 4.78 is 10.0. The molecule has 0 aromatic rings. The smallest absolute Gasteiger partial charge is 0.334 e. The molecule has 13 heavy (non-hydrogen) atoms. The summed E-state index contributed by atoms with van der Waals surface area (Å²) in [5, 5.41) is 0. The molecule has 0 bridgehead atoms. The lowest BCUT2D eigenvalue weighted by Crippen LogP contribution is -2.04. The normalized spacial score (nSPS) is 11.6. The maximum atomic E-state index is 10.9. The molecule has 3 heteroatoms. The summed E-state index contributed by atoms with van der Waals surface area (Å²) in [6, 6.07) is 0. The zero-order valence-corrected chi connectivity index (χ0v) is 8.79. The van der Waals surface area contributed by atoms with E-state index in [0.717, 1.165) is 0 Å². The average Bonchev–Trinajstić information content (AvgIpc) is 2.01. The molecule has 0 saturated heterocycles. The van der Waals surface area contributed by atoms with Gasteiger partial charge in [-0.05, 0) is 19.8 Å². The van der Waals surface area contributed by atoms with Gasteiger partial charge in [-0.2, -0.15) is 0 Å². The van der Waals surface area contributed by atoms with E-state index in [0.29, 0.717) is 24.9 Å². The Morgan fingerprint density at radius 2 is 2.00 bits per heavy atom. The van der Waals surface area contributed by atoms with E-state index in [1.165, 1.54) is 6.08 Å². The Morgan fingerprint density at radius 1 is 1.38 bits per heavy atom. The third-order valence-corrected chi connectivity index (χ3v) is 1.25. The maximum absolute atomic E-state index is 10.9. The number of carbonyl (C=O) groups excluding carboxylic acids is 1. The minimum absolute atomic E-state index is 0.344. The molecule has 0 heterocycles. The van der Waals surface area contributed by atoms with Crippen molar-refractivity contribution >= 4 is 5.97 Å². The monoisotopic (exact) mass is 186 g/mol. The lowest BCUT2D eigenvalue weighted by Gasteiger charge is -2.08. The molecule has 0 aliphatic heterocycles. The predicted octanol–water partition coefficient (Wildman–Crippen LogP) is 2.13. The summed E-state index contributed by atoms with van der Waals surface area (Å²) in [5.74, 6) is 0.724. The zero-order chi connectivity index (χ0) is 10.3. The second kappa shape index (κ2) is 6.52. The second-order valence-electron chi connectivity index (χ2n) is 3.21. The van der Waals surface area contributed by atoms with E-state index in [2.05, 4.69) is 13.8 Å². The quantitative estimate of drug-likeness (QED) is 0.375. The number of carbonyl (C=O) groups is 1. The number of esters is 1. The second-order valence-corrected chi connectivity index (χ2v) is 3.21. The molecule has 0 saturated carbocycles. The van der Waals surface area contributed by atoms with Gasteiger partial charge in [0.15, 0.2) is 0 Å². The van der Waals surface area contributed by atoms with Crippen LogP contribution in [0.15, 0.2) is 11.8 Å². The molecule has 0 atom stereocenters. The van der Waals surface area contributed by atoms with E-state index in [4.69, 9.17) is 9.47 Å². The topological polar surface area (TPSA) is 35.5 Å². The van der Waals surface area contributed by atoms with Crippen LogP contribution in [0.25, 0.3) is 0 Å². The van der Waals surface area contributed by atoms with E-state index in [1.54, 1.807) is 13.8 Å². The Labute approximate surface area is 79.7 Å². The van der Waals surface area contributed by atoms with Crippen molar-refractivity contribution in [3.63, 3.8) is 0 Å². The van der Waals surface area contributed by atoms with E-state index in [9.17, 15) is 4.79 Å². The van der Waals surface area contributed by atoms with Crippen molar-refractivity contribution < 1.29 is 14.3 Å². The third-order valence-electron chi connectivity index (χ3n) is 1.25. The molecule has 0 aliphatic carbocycles. The maximum Gasteiger partial charge on any atom is 0.334 e. The molecule has 0 radical (unpaired) electrons. The highest BCUT2D eigenvalue weighted by atomic mass is 16.5. The molecule has 0 fully saturated rings. The molecule has 0 unspecified atom stereocenters. The Bertz CT molecular complexity index is 183. The Hall–Kier alpha value is -0.990. The first-order valence-corrected chi connectivity index (χ1v) is 4.54. The van der Waals surface area contributed by atoms with Gasteiger partial charge in [-0.25, -0.2) is 4.79 Å². The lowest BCUT2D eigenvalue weighted by atomic mass is 10.2. The summed E-state index contributed by atoms with van der Waals surface area (Å²) >= 11 is 0. The first-order chi connectivity index (χ1) is 6.06. The van der Waals surface area contributed by atoms with Gasteiger partial charge in [0.05, 0.1) is 19.3 Å². The third kappa shape index (κ3) is 7.37. The van der Waals surface area contributed by atoms with Crippen LogP contribution in [0.5, 0.6) is 0 Å². The molecular formula is C10H18O3. The van der Waals surface area contributed by atoms with Gasteiger partial charge in [-0.15, -0.1) is 0 Å². The van der Waals surface area contributed by atoms with Crippen LogP contribution in [0, 0.1) is 5.92 Å². The number of hydrogen-bond acceptors (Lipinski definition) is 3. The first kappa shape index (κ1) is 12.0. The van der Waals surface area contributed by atoms with Gasteiger partial charge < -0.3 is 9.47 Å². The van der Waals surface area contributed by atoms with Gasteiger partial charge in [0, 0.05) is 0 Å². The number of allylic oxidation sites excluding steroid dienone is 1. The summed E-state index contributed by atoms with van der Waals surface area (Å²) in [5.41, 5.74) is 0. The predicted molar refractivity (Wildman–Crippen MR) is 51.2 cm³/mol. The standard InChI is InChI=1S/C10H18O3/c1-5-12-10(11)6-9(4)13-7-8(2)3/h6,8H,5,7H2,1-4H3/b9-6-. The van der Waals surface area contributed by atoms with Gasteiger partial charge in [-0.1, -0.05) is 13.8 Å². The molecule has 0 spiro atoms. The van der Waals surface area contributed by atoms with E-state index in [1.807, 2.05) is 0 Å². The van der Waals surface area contributed by atoms with E-state index < -0.39 is 0 Å². The van der Waals surface area contributed by atoms with Crippen LogP contribution in [-0.2, 0) is 14.3 Å². The molecule has 3 nitrogen and oxygen atoms in total. The lowest BCUT2D eigenvalue weighted by molar-refractivity contribution is -0.137. The van der Waals surface area contributed by atoms with Gasteiger partial charge >= 0.3 is 5.97 Å². The molecule has 0 aromatic carbocycles. The largest absolute Gasteiger partial charge is 0.498 e. The number of ether oxygens (including phenoxy) is 2. The van der Waals surface area contributed by atoms with Gasteiger partial charge in [0.1, 0.15) is 5.76 Å². The van der Waals surface area contributed by atoms with Crippen LogP contribution < -0.4 is 0 Å². The number of hydrogen-bond donors (Lipinski definition) is 0. The summed E-state index contributed by atoms with van der Waals surface area (Å²) in [6.45, 7) is 8.65. The van der Waals surface area contributed by atoms with Crippen molar-refractivity contribution in [3.05, 3.63) is 11.8 Å². The highest BCUT2D eigenvalue weighted by molar-refractivity contribution is 5.82. The molecule has 0 aromatic heterocycles. The summed E-state index contributed by atoms with van der Waals surface area (Å²) in [4.78, 5) is 10.9. The SMILES string of the molecule is CCOC(=O)/C=C(/C)OCC(C)C. The summed E-state index contributed by atoms with van der Waals surface area (Å²) in [6.07, 6.45) is 1.37. The average molecular weight is 186 g/mol. The van der Waals surface area contributed by atoms with Crippen molar-refractivity contribution in [2.75, 3.05) is 13.2 Å². The van der Waals surface area contributed by atoms with Crippen molar-refractivity contribution in [2.24, 2.45) is 5.92 Å². The summed E-state index contributed by atoms with van der Waals surface area (Å²) in [7, 11) is 0. The Morgan fingerprint density at radius 3 is 2.46 bits per heavy atom. The van der Waals surface area contributed by atoms with Gasteiger partial charge in [-0.3, -0.25) is 0 Å². The van der Waals surface area contributed by atoms with E-state index >= 15 is 0 Å². The Balaban J connectivity index is 3.80. The van der Waals surface area contributed by atoms with Gasteiger partial charge in [0.2, 0.25) is 0 Å². The highest BCUT2D eigenvalue weighted by Crippen LogP contribution is 2.01. The highest BCUT2D eigenvalue weighted by Gasteiger charge is 1.99. The van der Waals surface area contributed by atoms with Crippen LogP contribution in [-0.4, -0.2) is 19.2 Å². The molecule has 0 amide bonds. The molecule has 0 N–H and O–H groups in total. The van der Waals surface area contributed by atoms with Crippen molar-refractivity contribution in [1.82, 2.24) is 0 Å². The number of rotatable bonds is 5. The first-order valence-electron chi connectivity index (χ1n) is 4.54. The fourth-order valence-electron chi connectivity index (χ4n) is 0.690. The van der Waals surface area contributed by atoms with Crippen molar-refractivity contribution in [3.8, 4) is 0 Å². The zero-order valence-electron chi connectivity index (χ0n) is 8.79. The molecule has 0 rings (SSSR count). The molecular weight excluding hydrogens is 168 g/mol. The fourth-order valence-corrected chi connectivity index (χ4v) is 0.690.